The van der Waals surface area contributed by atoms with E-state index in [4.69, 9.17) is 0 Å². The van der Waals surface area contributed by atoms with Crippen molar-refractivity contribution < 1.29 is 17.2 Å². The minimum absolute atomic E-state index is 0.0651. The summed E-state index contributed by atoms with van der Waals surface area (Å²) >= 11 is 0. The average molecular weight is 263 g/mol. The van der Waals surface area contributed by atoms with Crippen LogP contribution in [-0.4, -0.2) is 21.2 Å². The third-order valence-electron chi connectivity index (χ3n) is 2.28. The lowest BCUT2D eigenvalue weighted by Crippen LogP contribution is -2.28. The van der Waals surface area contributed by atoms with Crippen LogP contribution in [0.5, 0.6) is 0 Å². The molecule has 0 amide bonds. The summed E-state index contributed by atoms with van der Waals surface area (Å²) < 4.78 is 50.0. The Bertz CT molecular complexity index is 488. The molecule has 0 saturated heterocycles. The molecule has 0 bridgehead atoms. The molecule has 3 nitrogen and oxygen atoms in total. The van der Waals surface area contributed by atoms with E-state index < -0.39 is 21.7 Å². The normalized spacial score (nSPS) is 13.6. The van der Waals surface area contributed by atoms with Crippen molar-refractivity contribution in [2.45, 2.75) is 13.3 Å². The molecule has 96 valence electrons. The second kappa shape index (κ2) is 5.55. The van der Waals surface area contributed by atoms with Crippen molar-refractivity contribution in [2.24, 2.45) is 5.92 Å². The number of halogens is 2. The lowest BCUT2D eigenvalue weighted by Gasteiger charge is -2.12. The molecule has 0 aliphatic carbocycles. The van der Waals surface area contributed by atoms with Crippen molar-refractivity contribution in [3.05, 3.63) is 35.4 Å². The van der Waals surface area contributed by atoms with E-state index in [-0.39, 0.29) is 12.5 Å². The van der Waals surface area contributed by atoms with Crippen molar-refractivity contribution in [3.63, 3.8) is 0 Å². The highest BCUT2D eigenvalue weighted by Gasteiger charge is 2.10. The van der Waals surface area contributed by atoms with E-state index in [9.17, 15) is 17.2 Å². The zero-order valence-electron chi connectivity index (χ0n) is 9.70. The Balaban J connectivity index is 2.59. The standard InChI is InChI=1S/C11H15F2NO2S/c1-8(7-14-17(2,15)16)5-9-3-4-10(12)6-11(9)13/h3-4,6,8,14H,5,7H2,1-2H3. The molecule has 0 heterocycles. The quantitative estimate of drug-likeness (QED) is 0.878. The van der Waals surface area contributed by atoms with Gasteiger partial charge in [-0.25, -0.2) is 21.9 Å². The highest BCUT2D eigenvalue weighted by Crippen LogP contribution is 2.14. The van der Waals surface area contributed by atoms with Crippen LogP contribution in [-0.2, 0) is 16.4 Å². The number of nitrogens with one attached hydrogen (secondary N) is 1. The maximum Gasteiger partial charge on any atom is 0.208 e. The van der Waals surface area contributed by atoms with Crippen molar-refractivity contribution in [3.8, 4) is 0 Å². The molecule has 1 atom stereocenters. The van der Waals surface area contributed by atoms with E-state index in [1.54, 1.807) is 6.92 Å². The highest BCUT2D eigenvalue weighted by atomic mass is 32.2. The molecule has 0 radical (unpaired) electrons. The number of hydrogen-bond donors (Lipinski definition) is 1. The largest absolute Gasteiger partial charge is 0.215 e. The predicted molar refractivity (Wildman–Crippen MR) is 62.1 cm³/mol. The van der Waals surface area contributed by atoms with Gasteiger partial charge in [-0.1, -0.05) is 13.0 Å². The SMILES string of the molecule is CC(CNS(C)(=O)=O)Cc1ccc(F)cc1F. The topological polar surface area (TPSA) is 46.2 Å². The first kappa shape index (κ1) is 14.1. The van der Waals surface area contributed by atoms with E-state index in [1.165, 1.54) is 12.1 Å². The van der Waals surface area contributed by atoms with Gasteiger partial charge in [0.25, 0.3) is 0 Å². The summed E-state index contributed by atoms with van der Waals surface area (Å²) in [5.41, 5.74) is 0.384. The molecule has 1 N–H and O–H groups in total. The van der Waals surface area contributed by atoms with E-state index in [1.807, 2.05) is 0 Å². The summed E-state index contributed by atoms with van der Waals surface area (Å²) in [5.74, 6) is -1.28. The lowest BCUT2D eigenvalue weighted by atomic mass is 10.0. The zero-order valence-corrected chi connectivity index (χ0v) is 10.5. The van der Waals surface area contributed by atoms with Crippen LogP contribution in [0.25, 0.3) is 0 Å². The average Bonchev–Trinajstić information content (AvgIpc) is 2.18. The predicted octanol–water partition coefficient (Wildman–Crippen LogP) is 1.69. The van der Waals surface area contributed by atoms with E-state index in [0.717, 1.165) is 12.3 Å². The molecular formula is C11H15F2NO2S. The van der Waals surface area contributed by atoms with Gasteiger partial charge >= 0.3 is 0 Å². The first-order chi connectivity index (χ1) is 7.78. The van der Waals surface area contributed by atoms with Crippen molar-refractivity contribution in [2.75, 3.05) is 12.8 Å². The smallest absolute Gasteiger partial charge is 0.208 e. The second-order valence-corrected chi connectivity index (χ2v) is 6.00. The molecule has 1 aromatic rings. The van der Waals surface area contributed by atoms with Crippen LogP contribution in [0.15, 0.2) is 18.2 Å². The Morgan fingerprint density at radius 1 is 1.35 bits per heavy atom. The van der Waals surface area contributed by atoms with Crippen LogP contribution in [0, 0.1) is 17.6 Å². The maximum atomic E-state index is 13.3. The minimum atomic E-state index is -3.23. The summed E-state index contributed by atoms with van der Waals surface area (Å²) in [6.45, 7) is 2.02. The van der Waals surface area contributed by atoms with Crippen molar-refractivity contribution in [1.29, 1.82) is 0 Å². The Morgan fingerprint density at radius 2 is 2.00 bits per heavy atom. The number of sulfonamides is 1. The molecule has 1 unspecified atom stereocenters. The zero-order chi connectivity index (χ0) is 13.1. The third kappa shape index (κ3) is 5.23. The van der Waals surface area contributed by atoms with Crippen LogP contribution in [0.2, 0.25) is 0 Å². The highest BCUT2D eigenvalue weighted by molar-refractivity contribution is 7.88. The molecule has 1 rings (SSSR count). The van der Waals surface area contributed by atoms with Gasteiger partial charge in [0.1, 0.15) is 11.6 Å². The molecule has 0 aliphatic heterocycles. The lowest BCUT2D eigenvalue weighted by molar-refractivity contribution is 0.519. The summed E-state index contributed by atoms with van der Waals surface area (Å²) in [7, 11) is -3.23. The van der Waals surface area contributed by atoms with Crippen LogP contribution in [0.1, 0.15) is 12.5 Å². The monoisotopic (exact) mass is 263 g/mol. The van der Waals surface area contributed by atoms with Crippen LogP contribution in [0.4, 0.5) is 8.78 Å². The van der Waals surface area contributed by atoms with Crippen molar-refractivity contribution in [1.82, 2.24) is 4.72 Å². The van der Waals surface area contributed by atoms with Gasteiger partial charge in [0.2, 0.25) is 10.0 Å². The first-order valence-corrected chi connectivity index (χ1v) is 7.05. The summed E-state index contributed by atoms with van der Waals surface area (Å²) in [4.78, 5) is 0. The molecule has 1 aromatic carbocycles. The molecule has 0 fully saturated rings. The van der Waals surface area contributed by atoms with Gasteiger partial charge in [0.05, 0.1) is 6.26 Å². The maximum absolute atomic E-state index is 13.3. The third-order valence-corrected chi connectivity index (χ3v) is 2.97. The summed E-state index contributed by atoms with van der Waals surface area (Å²) in [6, 6.07) is 3.39. The van der Waals surface area contributed by atoms with Crippen LogP contribution < -0.4 is 4.72 Å². The fourth-order valence-corrected chi connectivity index (χ4v) is 2.02. The van der Waals surface area contributed by atoms with Crippen LogP contribution >= 0.6 is 0 Å². The van der Waals surface area contributed by atoms with Gasteiger partial charge in [-0.2, -0.15) is 0 Å². The van der Waals surface area contributed by atoms with E-state index >= 15 is 0 Å². The molecule has 6 heteroatoms. The van der Waals surface area contributed by atoms with E-state index in [0.29, 0.717) is 12.0 Å². The second-order valence-electron chi connectivity index (χ2n) is 4.17. The first-order valence-electron chi connectivity index (χ1n) is 5.16. The van der Waals surface area contributed by atoms with Gasteiger partial charge in [-0.3, -0.25) is 0 Å². The van der Waals surface area contributed by atoms with Gasteiger partial charge in [-0.05, 0) is 24.0 Å². The Morgan fingerprint density at radius 3 is 2.53 bits per heavy atom. The van der Waals surface area contributed by atoms with Gasteiger partial charge in [-0.15, -0.1) is 0 Å². The fourth-order valence-electron chi connectivity index (χ4n) is 1.43. The van der Waals surface area contributed by atoms with Gasteiger partial charge < -0.3 is 0 Å². The van der Waals surface area contributed by atoms with Crippen LogP contribution in [0.3, 0.4) is 0 Å². The molecular weight excluding hydrogens is 248 g/mol. The summed E-state index contributed by atoms with van der Waals surface area (Å²) in [6.07, 6.45) is 1.42. The van der Waals surface area contributed by atoms with Gasteiger partial charge in [0.15, 0.2) is 0 Å². The van der Waals surface area contributed by atoms with E-state index in [2.05, 4.69) is 4.72 Å². The Hall–Kier alpha value is -1.01. The number of rotatable bonds is 5. The van der Waals surface area contributed by atoms with Crippen molar-refractivity contribution >= 4 is 10.0 Å². The summed E-state index contributed by atoms with van der Waals surface area (Å²) in [5, 5.41) is 0. The molecule has 0 aliphatic rings. The molecule has 0 aromatic heterocycles. The van der Waals surface area contributed by atoms with Gasteiger partial charge in [0, 0.05) is 12.6 Å². The Labute approximate surface area is 99.9 Å². The molecule has 0 saturated carbocycles. The molecule has 0 spiro atoms. The molecule has 17 heavy (non-hydrogen) atoms. The number of hydrogen-bond acceptors (Lipinski definition) is 2. The fraction of sp³-hybridized carbons (Fsp3) is 0.455. The number of benzene rings is 1. The minimum Gasteiger partial charge on any atom is -0.215 e. The Kier molecular flexibility index (Phi) is 4.59.